The molecule has 4 nitrogen and oxygen atoms in total. The van der Waals surface area contributed by atoms with Crippen LogP contribution in [0.1, 0.15) is 38.2 Å². The molecule has 2 rings (SSSR count). The van der Waals surface area contributed by atoms with Gasteiger partial charge in [0.05, 0.1) is 4.90 Å². The Balaban J connectivity index is 2.11. The summed E-state index contributed by atoms with van der Waals surface area (Å²) in [5.74, 6) is 0.379. The fourth-order valence-electron chi connectivity index (χ4n) is 2.87. The number of rotatable bonds is 6. The van der Waals surface area contributed by atoms with Crippen molar-refractivity contribution in [1.29, 1.82) is 0 Å². The molecule has 1 aliphatic carbocycles. The zero-order valence-electron chi connectivity index (χ0n) is 12.0. The molecule has 5 heteroatoms. The Morgan fingerprint density at radius 2 is 1.85 bits per heavy atom. The van der Waals surface area contributed by atoms with Crippen LogP contribution in [0.4, 0.5) is 0 Å². The zero-order valence-corrected chi connectivity index (χ0v) is 12.8. The number of benzene rings is 1. The number of nitrogens with two attached hydrogens (primary N) is 1. The van der Waals surface area contributed by atoms with E-state index in [2.05, 4.69) is 4.72 Å². The lowest BCUT2D eigenvalue weighted by atomic mass is 9.99. The molecule has 0 spiro atoms. The smallest absolute Gasteiger partial charge is 0.240 e. The van der Waals surface area contributed by atoms with Gasteiger partial charge in [0.2, 0.25) is 10.0 Å². The SMILES string of the molecule is CCc1ccc(S(=O)(=O)NC(CN)C2CCCC2)cc1. The minimum absolute atomic E-state index is 0.145. The van der Waals surface area contributed by atoms with Crippen LogP contribution in [0.3, 0.4) is 0 Å². The van der Waals surface area contributed by atoms with Gasteiger partial charge in [-0.3, -0.25) is 0 Å². The predicted molar refractivity (Wildman–Crippen MR) is 80.9 cm³/mol. The van der Waals surface area contributed by atoms with Crippen LogP contribution in [0.15, 0.2) is 29.2 Å². The lowest BCUT2D eigenvalue weighted by molar-refractivity contribution is 0.405. The van der Waals surface area contributed by atoms with Gasteiger partial charge >= 0.3 is 0 Å². The topological polar surface area (TPSA) is 72.2 Å². The summed E-state index contributed by atoms with van der Waals surface area (Å²) < 4.78 is 27.6. The Labute approximate surface area is 121 Å². The van der Waals surface area contributed by atoms with Crippen LogP contribution in [-0.2, 0) is 16.4 Å². The molecule has 0 saturated heterocycles. The highest BCUT2D eigenvalue weighted by molar-refractivity contribution is 7.89. The summed E-state index contributed by atoms with van der Waals surface area (Å²) in [5.41, 5.74) is 6.89. The Kier molecular flexibility index (Phi) is 5.18. The van der Waals surface area contributed by atoms with E-state index >= 15 is 0 Å². The van der Waals surface area contributed by atoms with Gasteiger partial charge in [0, 0.05) is 12.6 Å². The van der Waals surface area contributed by atoms with Crippen molar-refractivity contribution in [3.63, 3.8) is 0 Å². The molecular weight excluding hydrogens is 272 g/mol. The summed E-state index contributed by atoms with van der Waals surface area (Å²) >= 11 is 0. The molecule has 0 amide bonds. The zero-order chi connectivity index (χ0) is 14.6. The lowest BCUT2D eigenvalue weighted by Crippen LogP contribution is -2.44. The van der Waals surface area contributed by atoms with Crippen molar-refractivity contribution in [2.75, 3.05) is 6.54 Å². The number of aryl methyl sites for hydroxylation is 1. The maximum atomic E-state index is 12.4. The van der Waals surface area contributed by atoms with Gasteiger partial charge < -0.3 is 5.73 Å². The van der Waals surface area contributed by atoms with Crippen LogP contribution < -0.4 is 10.5 Å². The average molecular weight is 296 g/mol. The molecule has 0 aromatic heterocycles. The summed E-state index contributed by atoms with van der Waals surface area (Å²) in [4.78, 5) is 0.325. The Bertz CT molecular complexity index is 519. The highest BCUT2D eigenvalue weighted by atomic mass is 32.2. The van der Waals surface area contributed by atoms with E-state index < -0.39 is 10.0 Å². The third-order valence-corrected chi connectivity index (χ3v) is 5.68. The molecule has 0 radical (unpaired) electrons. The monoisotopic (exact) mass is 296 g/mol. The predicted octanol–water partition coefficient (Wildman–Crippen LogP) is 2.04. The highest BCUT2D eigenvalue weighted by Gasteiger charge is 2.28. The largest absolute Gasteiger partial charge is 0.329 e. The van der Waals surface area contributed by atoms with Crippen LogP contribution in [0.2, 0.25) is 0 Å². The summed E-state index contributed by atoms with van der Waals surface area (Å²) in [6.45, 7) is 2.41. The molecule has 112 valence electrons. The molecule has 1 unspecified atom stereocenters. The molecule has 0 aliphatic heterocycles. The van der Waals surface area contributed by atoms with E-state index in [1.54, 1.807) is 12.1 Å². The fraction of sp³-hybridized carbons (Fsp3) is 0.600. The van der Waals surface area contributed by atoms with Gasteiger partial charge in [-0.05, 0) is 42.9 Å². The van der Waals surface area contributed by atoms with Gasteiger partial charge in [0.25, 0.3) is 0 Å². The average Bonchev–Trinajstić information content (AvgIpc) is 2.99. The van der Waals surface area contributed by atoms with Crippen molar-refractivity contribution in [1.82, 2.24) is 4.72 Å². The summed E-state index contributed by atoms with van der Waals surface area (Å²) in [7, 11) is -3.46. The minimum atomic E-state index is -3.46. The first-order chi connectivity index (χ1) is 9.56. The van der Waals surface area contributed by atoms with Gasteiger partial charge in [0.1, 0.15) is 0 Å². The van der Waals surface area contributed by atoms with Crippen molar-refractivity contribution >= 4 is 10.0 Å². The Hall–Kier alpha value is -0.910. The van der Waals surface area contributed by atoms with Crippen LogP contribution in [-0.4, -0.2) is 21.0 Å². The molecule has 1 atom stereocenters. The Morgan fingerprint density at radius 3 is 2.35 bits per heavy atom. The molecule has 1 aromatic carbocycles. The van der Waals surface area contributed by atoms with Gasteiger partial charge in [-0.15, -0.1) is 0 Å². The first kappa shape index (κ1) is 15.5. The third kappa shape index (κ3) is 3.59. The molecule has 20 heavy (non-hydrogen) atoms. The maximum absolute atomic E-state index is 12.4. The minimum Gasteiger partial charge on any atom is -0.329 e. The van der Waals surface area contributed by atoms with E-state index in [1.807, 2.05) is 19.1 Å². The quantitative estimate of drug-likeness (QED) is 0.844. The standard InChI is InChI=1S/C15H24N2O2S/c1-2-12-7-9-14(10-8-12)20(18,19)17-15(11-16)13-5-3-4-6-13/h7-10,13,15,17H,2-6,11,16H2,1H3. The van der Waals surface area contributed by atoms with Gasteiger partial charge in [0.15, 0.2) is 0 Å². The summed E-state index contributed by atoms with van der Waals surface area (Å²) in [5, 5.41) is 0. The first-order valence-corrected chi connectivity index (χ1v) is 8.86. The molecule has 1 saturated carbocycles. The van der Waals surface area contributed by atoms with Crippen molar-refractivity contribution in [3.8, 4) is 0 Å². The summed E-state index contributed by atoms with van der Waals surface area (Å²) in [6, 6.07) is 6.92. The molecule has 3 N–H and O–H groups in total. The second kappa shape index (κ2) is 6.70. The number of hydrogen-bond acceptors (Lipinski definition) is 3. The number of sulfonamides is 1. The molecule has 0 bridgehead atoms. The number of nitrogens with one attached hydrogen (secondary N) is 1. The van der Waals surface area contributed by atoms with Crippen LogP contribution >= 0.6 is 0 Å². The van der Waals surface area contributed by atoms with Gasteiger partial charge in [-0.1, -0.05) is 31.9 Å². The molecule has 0 heterocycles. The summed E-state index contributed by atoms with van der Waals surface area (Å²) in [6.07, 6.45) is 5.39. The molecular formula is C15H24N2O2S. The lowest BCUT2D eigenvalue weighted by Gasteiger charge is -2.23. The fourth-order valence-corrected chi connectivity index (χ4v) is 4.19. The van der Waals surface area contributed by atoms with E-state index in [9.17, 15) is 8.42 Å². The van der Waals surface area contributed by atoms with E-state index in [-0.39, 0.29) is 6.04 Å². The van der Waals surface area contributed by atoms with E-state index in [1.165, 1.54) is 12.8 Å². The normalized spacial score (nSPS) is 18.3. The molecule has 1 aliphatic rings. The molecule has 1 aromatic rings. The van der Waals surface area contributed by atoms with Crippen molar-refractivity contribution in [2.24, 2.45) is 11.7 Å². The number of hydrogen-bond donors (Lipinski definition) is 2. The Morgan fingerprint density at radius 1 is 1.25 bits per heavy atom. The molecule has 1 fully saturated rings. The van der Waals surface area contributed by atoms with E-state index in [4.69, 9.17) is 5.73 Å². The van der Waals surface area contributed by atoms with Crippen molar-refractivity contribution in [2.45, 2.75) is 50.0 Å². The van der Waals surface area contributed by atoms with E-state index in [0.29, 0.717) is 17.4 Å². The van der Waals surface area contributed by atoms with Gasteiger partial charge in [-0.25, -0.2) is 13.1 Å². The van der Waals surface area contributed by atoms with Gasteiger partial charge in [-0.2, -0.15) is 0 Å². The highest BCUT2D eigenvalue weighted by Crippen LogP contribution is 2.28. The van der Waals surface area contributed by atoms with Crippen molar-refractivity contribution < 1.29 is 8.42 Å². The second-order valence-electron chi connectivity index (χ2n) is 5.51. The van der Waals surface area contributed by atoms with Crippen molar-refractivity contribution in [3.05, 3.63) is 29.8 Å². The van der Waals surface area contributed by atoms with Crippen LogP contribution in [0, 0.1) is 5.92 Å². The van der Waals surface area contributed by atoms with E-state index in [0.717, 1.165) is 24.8 Å². The maximum Gasteiger partial charge on any atom is 0.240 e. The van der Waals surface area contributed by atoms with Crippen LogP contribution in [0.25, 0.3) is 0 Å². The third-order valence-electron chi connectivity index (χ3n) is 4.17. The van der Waals surface area contributed by atoms with Crippen LogP contribution in [0.5, 0.6) is 0 Å². The second-order valence-corrected chi connectivity index (χ2v) is 7.22. The first-order valence-electron chi connectivity index (χ1n) is 7.38.